The molecule has 0 aliphatic rings. The number of fused-ring (bicyclic) bond motifs is 1. The van der Waals surface area contributed by atoms with Crippen LogP contribution in [0.1, 0.15) is 17.3 Å². The van der Waals surface area contributed by atoms with Crippen molar-refractivity contribution in [3.05, 3.63) is 60.2 Å². The van der Waals surface area contributed by atoms with E-state index in [0.29, 0.717) is 16.6 Å². The zero-order valence-corrected chi connectivity index (χ0v) is 18.7. The summed E-state index contributed by atoms with van der Waals surface area (Å²) in [7, 11) is 3.20. The average molecular weight is 427 g/mol. The molecule has 1 heterocycles. The van der Waals surface area contributed by atoms with Crippen molar-refractivity contribution in [2.75, 3.05) is 34.8 Å². The molecule has 0 bridgehead atoms. The van der Waals surface area contributed by atoms with E-state index >= 15 is 0 Å². The van der Waals surface area contributed by atoms with Gasteiger partial charge in [-0.25, -0.2) is 23.7 Å². The minimum atomic E-state index is -3.48. The molecule has 0 amide bonds. The summed E-state index contributed by atoms with van der Waals surface area (Å²) in [5, 5.41) is 0.578. The van der Waals surface area contributed by atoms with Gasteiger partial charge in [0.05, 0.1) is 12.1 Å². The number of pyridine rings is 1. The number of hydrogen-bond acceptors (Lipinski definition) is 5. The molecule has 0 atom stereocenters. The molecule has 158 valence electrons. The van der Waals surface area contributed by atoms with Gasteiger partial charge < -0.3 is 9.26 Å². The maximum absolute atomic E-state index is 13.7. The molecular formula is C22H26N3O4P. The van der Waals surface area contributed by atoms with Crippen LogP contribution < -0.4 is 4.52 Å². The van der Waals surface area contributed by atoms with Gasteiger partial charge in [0, 0.05) is 10.9 Å². The van der Waals surface area contributed by atoms with Gasteiger partial charge in [0.15, 0.2) is 5.75 Å². The molecule has 1 aromatic heterocycles. The lowest BCUT2D eigenvalue weighted by Gasteiger charge is -2.31. The summed E-state index contributed by atoms with van der Waals surface area (Å²) in [5.41, 5.74) is 2.01. The first-order chi connectivity index (χ1) is 14.3. The van der Waals surface area contributed by atoms with E-state index in [1.165, 1.54) is 9.34 Å². The lowest BCUT2D eigenvalue weighted by molar-refractivity contribution is 0.0526. The molecule has 0 unspecified atom stereocenters. The topological polar surface area (TPSA) is 72.0 Å². The Morgan fingerprint density at radius 1 is 0.967 bits per heavy atom. The number of aromatic nitrogens is 1. The standard InChI is InChI=1S/C22H26N3O4P/c1-6-28-22(26)19-17-14-10-11-15-18(17)23-20(16-12-8-7-9-13-16)21(19)29-30(27,24(2)3)25(4)5/h7-15H,6H2,1-5H3. The number of rotatable bonds is 7. The highest BCUT2D eigenvalue weighted by atomic mass is 31.2. The molecule has 30 heavy (non-hydrogen) atoms. The number of esters is 1. The fourth-order valence-electron chi connectivity index (χ4n) is 3.12. The lowest BCUT2D eigenvalue weighted by Crippen LogP contribution is -2.25. The summed E-state index contributed by atoms with van der Waals surface area (Å²) < 4.78 is 28.2. The number of ether oxygens (including phenoxy) is 1. The Balaban J connectivity index is 2.40. The average Bonchev–Trinajstić information content (AvgIpc) is 2.73. The van der Waals surface area contributed by atoms with Crippen LogP contribution in [-0.4, -0.2) is 55.1 Å². The number of nitrogens with zero attached hydrogens (tertiary/aromatic N) is 3. The highest BCUT2D eigenvalue weighted by Crippen LogP contribution is 2.53. The number of para-hydroxylation sites is 1. The Morgan fingerprint density at radius 3 is 2.17 bits per heavy atom. The SMILES string of the molecule is CCOC(=O)c1c(OP(=O)(N(C)C)N(C)C)c(-c2ccccc2)nc2ccccc12. The second-order valence-electron chi connectivity index (χ2n) is 7.04. The third-order valence-corrected chi connectivity index (χ3v) is 7.04. The highest BCUT2D eigenvalue weighted by molar-refractivity contribution is 7.54. The fraction of sp³-hybridized carbons (Fsp3) is 0.273. The van der Waals surface area contributed by atoms with Crippen molar-refractivity contribution in [2.24, 2.45) is 0 Å². The summed E-state index contributed by atoms with van der Waals surface area (Å²) in [5.74, 6) is -0.406. The Kier molecular flexibility index (Phi) is 6.56. The van der Waals surface area contributed by atoms with Crippen LogP contribution in [0.4, 0.5) is 0 Å². The molecule has 0 saturated heterocycles. The van der Waals surface area contributed by atoms with Crippen LogP contribution in [0.5, 0.6) is 5.75 Å². The minimum absolute atomic E-state index is 0.143. The van der Waals surface area contributed by atoms with E-state index in [4.69, 9.17) is 14.2 Å². The van der Waals surface area contributed by atoms with Gasteiger partial charge >= 0.3 is 13.6 Å². The van der Waals surface area contributed by atoms with Crippen LogP contribution >= 0.6 is 7.67 Å². The molecule has 3 rings (SSSR count). The van der Waals surface area contributed by atoms with Crippen molar-refractivity contribution in [1.29, 1.82) is 0 Å². The number of carbonyl (C=O) groups excluding carboxylic acids is 1. The number of carbonyl (C=O) groups is 1. The van der Waals surface area contributed by atoms with Crippen molar-refractivity contribution in [2.45, 2.75) is 6.92 Å². The van der Waals surface area contributed by atoms with Gasteiger partial charge in [-0.2, -0.15) is 0 Å². The van der Waals surface area contributed by atoms with Crippen molar-refractivity contribution < 1.29 is 18.6 Å². The van der Waals surface area contributed by atoms with Gasteiger partial charge in [-0.15, -0.1) is 0 Å². The number of benzene rings is 2. The van der Waals surface area contributed by atoms with Gasteiger partial charge in [0.25, 0.3) is 0 Å². The molecule has 0 spiro atoms. The lowest BCUT2D eigenvalue weighted by atomic mass is 10.0. The summed E-state index contributed by atoms with van der Waals surface area (Å²) >= 11 is 0. The quantitative estimate of drug-likeness (QED) is 0.400. The van der Waals surface area contributed by atoms with Crippen molar-refractivity contribution in [3.63, 3.8) is 0 Å². The predicted octanol–water partition coefficient (Wildman–Crippen LogP) is 4.69. The molecule has 8 heteroatoms. The molecule has 0 fully saturated rings. The molecular weight excluding hydrogens is 401 g/mol. The second-order valence-corrected chi connectivity index (χ2v) is 9.81. The molecule has 0 N–H and O–H groups in total. The zero-order valence-electron chi connectivity index (χ0n) is 17.8. The Morgan fingerprint density at radius 2 is 1.57 bits per heavy atom. The third-order valence-electron chi connectivity index (χ3n) is 4.60. The first-order valence-electron chi connectivity index (χ1n) is 9.60. The van der Waals surface area contributed by atoms with Crippen LogP contribution in [0.3, 0.4) is 0 Å². The third kappa shape index (κ3) is 4.10. The molecule has 0 aliphatic carbocycles. The maximum atomic E-state index is 13.7. The van der Waals surface area contributed by atoms with E-state index in [2.05, 4.69) is 0 Å². The summed E-state index contributed by atoms with van der Waals surface area (Å²) in [4.78, 5) is 17.8. The van der Waals surface area contributed by atoms with Crippen molar-refractivity contribution >= 4 is 24.5 Å². The summed E-state index contributed by atoms with van der Waals surface area (Å²) in [6, 6.07) is 16.7. The van der Waals surface area contributed by atoms with Crippen LogP contribution in [0.2, 0.25) is 0 Å². The fourth-order valence-corrected chi connectivity index (χ4v) is 4.58. The van der Waals surface area contributed by atoms with Gasteiger partial charge in [-0.05, 0) is 41.2 Å². The molecule has 0 aliphatic heterocycles. The Hall–Kier alpha value is -2.73. The highest BCUT2D eigenvalue weighted by Gasteiger charge is 2.35. The minimum Gasteiger partial charge on any atom is -0.462 e. The van der Waals surface area contributed by atoms with Gasteiger partial charge in [0.2, 0.25) is 0 Å². The molecule has 7 nitrogen and oxygen atoms in total. The van der Waals surface area contributed by atoms with Crippen molar-refractivity contribution in [1.82, 2.24) is 14.3 Å². The maximum Gasteiger partial charge on any atom is 0.394 e. The van der Waals surface area contributed by atoms with E-state index in [9.17, 15) is 9.36 Å². The Labute approximate surface area is 176 Å². The van der Waals surface area contributed by atoms with E-state index in [0.717, 1.165) is 5.56 Å². The van der Waals surface area contributed by atoms with Crippen molar-refractivity contribution in [3.8, 4) is 17.0 Å². The smallest absolute Gasteiger partial charge is 0.394 e. The molecule has 0 radical (unpaired) electrons. The van der Waals surface area contributed by atoms with E-state index in [1.807, 2.05) is 48.5 Å². The van der Waals surface area contributed by atoms with Crippen LogP contribution in [-0.2, 0) is 9.30 Å². The second kappa shape index (κ2) is 8.96. The van der Waals surface area contributed by atoms with Crippen LogP contribution in [0.15, 0.2) is 54.6 Å². The van der Waals surface area contributed by atoms with Gasteiger partial charge in [-0.3, -0.25) is 0 Å². The predicted molar refractivity (Wildman–Crippen MR) is 119 cm³/mol. The monoisotopic (exact) mass is 427 g/mol. The van der Waals surface area contributed by atoms with E-state index in [1.54, 1.807) is 41.2 Å². The van der Waals surface area contributed by atoms with Gasteiger partial charge in [-0.1, -0.05) is 48.5 Å². The molecule has 2 aromatic carbocycles. The van der Waals surface area contributed by atoms with Gasteiger partial charge in [0.1, 0.15) is 11.3 Å². The Bertz CT molecular complexity index is 1090. The largest absolute Gasteiger partial charge is 0.462 e. The molecule has 3 aromatic rings. The first-order valence-corrected chi connectivity index (χ1v) is 11.1. The first kappa shape index (κ1) is 22.0. The molecule has 0 saturated carbocycles. The number of hydrogen-bond donors (Lipinski definition) is 0. The van der Waals surface area contributed by atoms with E-state index in [-0.39, 0.29) is 17.9 Å². The normalized spacial score (nSPS) is 11.8. The van der Waals surface area contributed by atoms with Crippen LogP contribution in [0.25, 0.3) is 22.2 Å². The summed E-state index contributed by atoms with van der Waals surface area (Å²) in [6.45, 7) is 1.94. The zero-order chi connectivity index (χ0) is 21.9. The van der Waals surface area contributed by atoms with Crippen LogP contribution in [0, 0.1) is 0 Å². The van der Waals surface area contributed by atoms with E-state index < -0.39 is 13.6 Å². The summed E-state index contributed by atoms with van der Waals surface area (Å²) in [6.07, 6.45) is 0.